The van der Waals surface area contributed by atoms with Crippen LogP contribution in [0.3, 0.4) is 0 Å². The molecule has 0 aliphatic heterocycles. The molecule has 8 heteroatoms. The van der Waals surface area contributed by atoms with Crippen molar-refractivity contribution >= 4 is 15.9 Å². The fraction of sp³-hybridized carbons (Fsp3) is 0.400. The van der Waals surface area contributed by atoms with Crippen molar-refractivity contribution in [2.75, 3.05) is 19.6 Å². The molecular formula is C20H25N3O4S. The summed E-state index contributed by atoms with van der Waals surface area (Å²) in [6.45, 7) is 5.65. The van der Waals surface area contributed by atoms with E-state index in [2.05, 4.69) is 6.07 Å². The molecule has 0 N–H and O–H groups in total. The van der Waals surface area contributed by atoms with Gasteiger partial charge < -0.3 is 9.32 Å². The van der Waals surface area contributed by atoms with Crippen LogP contribution in [0, 0.1) is 24.2 Å². The Kier molecular flexibility index (Phi) is 7.38. The molecule has 1 aromatic carbocycles. The van der Waals surface area contributed by atoms with Crippen LogP contribution in [0.5, 0.6) is 0 Å². The first-order chi connectivity index (χ1) is 13.3. The minimum atomic E-state index is -3.90. The summed E-state index contributed by atoms with van der Waals surface area (Å²) in [7, 11) is -3.90. The monoisotopic (exact) mass is 403 g/mol. The predicted octanol–water partition coefficient (Wildman–Crippen LogP) is 2.79. The highest BCUT2D eigenvalue weighted by molar-refractivity contribution is 7.89. The third kappa shape index (κ3) is 5.44. The number of sulfonamides is 1. The average molecular weight is 404 g/mol. The van der Waals surface area contributed by atoms with Crippen molar-refractivity contribution in [3.63, 3.8) is 0 Å². The van der Waals surface area contributed by atoms with E-state index in [9.17, 15) is 13.2 Å². The summed E-state index contributed by atoms with van der Waals surface area (Å²) < 4.78 is 32.7. The number of hydrogen-bond donors (Lipinski definition) is 0. The summed E-state index contributed by atoms with van der Waals surface area (Å²) in [5.74, 6) is -0.250. The average Bonchev–Trinajstić information content (AvgIpc) is 3.18. The number of nitriles is 1. The molecule has 0 spiro atoms. The number of aryl methyl sites for hydroxylation is 1. The van der Waals surface area contributed by atoms with Crippen LogP contribution in [0.25, 0.3) is 0 Å². The highest BCUT2D eigenvalue weighted by Crippen LogP contribution is 2.19. The molecule has 0 radical (unpaired) electrons. The maximum absolute atomic E-state index is 13.2. The van der Waals surface area contributed by atoms with Crippen molar-refractivity contribution < 1.29 is 17.6 Å². The lowest BCUT2D eigenvalue weighted by atomic mass is 10.2. The molecule has 7 nitrogen and oxygen atoms in total. The van der Waals surface area contributed by atoms with Crippen LogP contribution in [0.15, 0.2) is 52.0 Å². The second-order valence-electron chi connectivity index (χ2n) is 6.63. The van der Waals surface area contributed by atoms with Gasteiger partial charge in [0.2, 0.25) is 15.9 Å². The lowest BCUT2D eigenvalue weighted by molar-refractivity contribution is -0.131. The van der Waals surface area contributed by atoms with Crippen LogP contribution in [0.2, 0.25) is 0 Å². The van der Waals surface area contributed by atoms with E-state index in [1.807, 2.05) is 6.92 Å². The van der Waals surface area contributed by atoms with E-state index in [4.69, 9.17) is 9.68 Å². The van der Waals surface area contributed by atoms with Gasteiger partial charge in [0, 0.05) is 13.1 Å². The SMILES string of the molecule is CCN(CC(C)C#N)C(=O)CN(Cc1ccco1)S(=O)(=O)c1ccc(C)cc1. The number of benzene rings is 1. The molecule has 2 rings (SSSR count). The van der Waals surface area contributed by atoms with Gasteiger partial charge in [-0.3, -0.25) is 4.79 Å². The van der Waals surface area contributed by atoms with E-state index in [1.165, 1.54) is 23.3 Å². The largest absolute Gasteiger partial charge is 0.468 e. The standard InChI is InChI=1S/C20H25N3O4S/c1-4-22(13-17(3)12-21)20(24)15-23(14-18-6-5-11-27-18)28(25,26)19-9-7-16(2)8-10-19/h5-11,17H,4,13-15H2,1-3H3. The Hall–Kier alpha value is -2.63. The van der Waals surface area contributed by atoms with E-state index < -0.39 is 10.0 Å². The highest BCUT2D eigenvalue weighted by Gasteiger charge is 2.29. The second kappa shape index (κ2) is 9.53. The molecule has 2 aromatic rings. The van der Waals surface area contributed by atoms with E-state index >= 15 is 0 Å². The quantitative estimate of drug-likeness (QED) is 0.642. The summed E-state index contributed by atoms with van der Waals surface area (Å²) in [4.78, 5) is 14.4. The van der Waals surface area contributed by atoms with Gasteiger partial charge in [-0.2, -0.15) is 9.57 Å². The van der Waals surface area contributed by atoms with Crippen molar-refractivity contribution in [1.82, 2.24) is 9.21 Å². The normalized spacial score (nSPS) is 12.5. The topological polar surface area (TPSA) is 94.6 Å². The summed E-state index contributed by atoms with van der Waals surface area (Å²) in [6.07, 6.45) is 1.46. The van der Waals surface area contributed by atoms with Gasteiger partial charge in [-0.1, -0.05) is 17.7 Å². The van der Waals surface area contributed by atoms with Gasteiger partial charge in [-0.05, 0) is 45.0 Å². The first-order valence-corrected chi connectivity index (χ1v) is 10.5. The molecule has 0 bridgehead atoms. The third-order valence-corrected chi connectivity index (χ3v) is 6.14. The van der Waals surface area contributed by atoms with Gasteiger partial charge in [0.25, 0.3) is 0 Å². The fourth-order valence-corrected chi connectivity index (χ4v) is 4.05. The Labute approximate surface area is 166 Å². The van der Waals surface area contributed by atoms with Gasteiger partial charge in [0.1, 0.15) is 5.76 Å². The number of carbonyl (C=O) groups is 1. The Morgan fingerprint density at radius 1 is 1.25 bits per heavy atom. The molecule has 0 saturated heterocycles. The zero-order valence-electron chi connectivity index (χ0n) is 16.3. The molecule has 1 amide bonds. The smallest absolute Gasteiger partial charge is 0.243 e. The number of hydrogen-bond acceptors (Lipinski definition) is 5. The third-order valence-electron chi connectivity index (χ3n) is 4.33. The summed E-state index contributed by atoms with van der Waals surface area (Å²) >= 11 is 0. The maximum atomic E-state index is 13.2. The van der Waals surface area contributed by atoms with Crippen molar-refractivity contribution in [3.8, 4) is 6.07 Å². The minimum Gasteiger partial charge on any atom is -0.468 e. The van der Waals surface area contributed by atoms with Gasteiger partial charge in [-0.25, -0.2) is 8.42 Å². The summed E-state index contributed by atoms with van der Waals surface area (Å²) in [6, 6.07) is 11.9. The second-order valence-corrected chi connectivity index (χ2v) is 8.57. The first-order valence-electron chi connectivity index (χ1n) is 9.04. The Morgan fingerprint density at radius 2 is 1.93 bits per heavy atom. The zero-order chi connectivity index (χ0) is 20.7. The van der Waals surface area contributed by atoms with E-state index in [1.54, 1.807) is 38.1 Å². The molecule has 0 saturated carbocycles. The van der Waals surface area contributed by atoms with Crippen molar-refractivity contribution in [2.24, 2.45) is 5.92 Å². The number of amides is 1. The molecular weight excluding hydrogens is 378 g/mol. The van der Waals surface area contributed by atoms with Crippen LogP contribution < -0.4 is 0 Å². The first kappa shape index (κ1) is 21.7. The Morgan fingerprint density at radius 3 is 2.46 bits per heavy atom. The number of carbonyl (C=O) groups excluding carboxylic acids is 1. The van der Waals surface area contributed by atoms with Crippen LogP contribution in [0.1, 0.15) is 25.2 Å². The molecule has 150 valence electrons. The molecule has 1 heterocycles. The summed E-state index contributed by atoms with van der Waals surface area (Å²) in [5.41, 5.74) is 0.940. The van der Waals surface area contributed by atoms with Crippen LogP contribution >= 0.6 is 0 Å². The van der Waals surface area contributed by atoms with Crippen molar-refractivity contribution in [1.29, 1.82) is 5.26 Å². The minimum absolute atomic E-state index is 0.0553. The Bertz CT molecular complexity index is 915. The lowest BCUT2D eigenvalue weighted by Crippen LogP contribution is -2.43. The van der Waals surface area contributed by atoms with Crippen molar-refractivity contribution in [2.45, 2.75) is 32.2 Å². The van der Waals surface area contributed by atoms with Crippen LogP contribution in [0.4, 0.5) is 0 Å². The molecule has 1 atom stereocenters. The molecule has 0 fully saturated rings. The van der Waals surface area contributed by atoms with Crippen LogP contribution in [-0.2, 0) is 21.4 Å². The molecule has 1 aromatic heterocycles. The number of nitrogens with zero attached hydrogens (tertiary/aromatic N) is 3. The molecule has 0 aliphatic rings. The predicted molar refractivity (Wildman–Crippen MR) is 105 cm³/mol. The van der Waals surface area contributed by atoms with Gasteiger partial charge in [0.15, 0.2) is 0 Å². The van der Waals surface area contributed by atoms with E-state index in [-0.39, 0.29) is 36.4 Å². The van der Waals surface area contributed by atoms with Gasteiger partial charge in [-0.15, -0.1) is 0 Å². The number of rotatable bonds is 9. The van der Waals surface area contributed by atoms with Gasteiger partial charge in [0.05, 0.1) is 36.2 Å². The van der Waals surface area contributed by atoms with Crippen molar-refractivity contribution in [3.05, 3.63) is 54.0 Å². The molecule has 28 heavy (non-hydrogen) atoms. The Balaban J connectivity index is 2.30. The summed E-state index contributed by atoms with van der Waals surface area (Å²) in [5, 5.41) is 9.01. The number of furan rings is 1. The zero-order valence-corrected chi connectivity index (χ0v) is 17.1. The van der Waals surface area contributed by atoms with Gasteiger partial charge >= 0.3 is 0 Å². The molecule has 1 unspecified atom stereocenters. The fourth-order valence-electron chi connectivity index (χ4n) is 2.69. The maximum Gasteiger partial charge on any atom is 0.243 e. The van der Waals surface area contributed by atoms with Crippen LogP contribution in [-0.4, -0.2) is 43.2 Å². The molecule has 0 aliphatic carbocycles. The highest BCUT2D eigenvalue weighted by atomic mass is 32.2. The lowest BCUT2D eigenvalue weighted by Gasteiger charge is -2.26. The number of likely N-dealkylation sites (N-methyl/N-ethyl adjacent to an activating group) is 1. The van der Waals surface area contributed by atoms with E-state index in [0.29, 0.717) is 12.3 Å². The van der Waals surface area contributed by atoms with E-state index in [0.717, 1.165) is 9.87 Å².